The number of hydrogen-bond acceptors (Lipinski definition) is 5. The molecule has 0 bridgehead atoms. The number of benzene rings is 2. The zero-order valence-electron chi connectivity index (χ0n) is 19.9. The molecule has 184 valence electrons. The molecular weight excluding hydrogens is 455 g/mol. The molecule has 4 rings (SSSR count). The van der Waals surface area contributed by atoms with E-state index < -0.39 is 10.0 Å². The summed E-state index contributed by atoms with van der Waals surface area (Å²) in [5.74, 6) is -0.505. The summed E-state index contributed by atoms with van der Waals surface area (Å²) in [6.07, 6.45) is 2.45. The van der Waals surface area contributed by atoms with Crippen molar-refractivity contribution in [2.75, 3.05) is 37.0 Å². The normalized spacial score (nSPS) is 21.6. The van der Waals surface area contributed by atoms with E-state index in [4.69, 9.17) is 0 Å². The minimum Gasteiger partial charge on any atom is -0.371 e. The average molecular weight is 489 g/mol. The summed E-state index contributed by atoms with van der Waals surface area (Å²) in [6.45, 7) is 3.61. The Hall–Kier alpha value is -2.65. The molecule has 1 heterocycles. The highest BCUT2D eigenvalue weighted by Crippen LogP contribution is 2.34. The summed E-state index contributed by atoms with van der Waals surface area (Å²) in [7, 11) is 0.321. The number of nitrogens with one attached hydrogen (secondary N) is 2. The van der Waals surface area contributed by atoms with Gasteiger partial charge in [-0.05, 0) is 68.5 Å². The molecule has 7 nitrogen and oxygen atoms in total. The largest absolute Gasteiger partial charge is 0.371 e. The number of rotatable bonds is 6. The fourth-order valence-corrected chi connectivity index (χ4v) is 6.09. The molecule has 0 unspecified atom stereocenters. The van der Waals surface area contributed by atoms with Gasteiger partial charge in [0.2, 0.25) is 15.9 Å². The van der Waals surface area contributed by atoms with E-state index in [0.717, 1.165) is 30.0 Å². The first kappa shape index (κ1) is 24.5. The summed E-state index contributed by atoms with van der Waals surface area (Å²) in [5.41, 5.74) is 2.78. The Balaban J connectivity index is 1.33. The maximum absolute atomic E-state index is 13.1. The Morgan fingerprint density at radius 3 is 2.24 bits per heavy atom. The molecule has 0 spiro atoms. The van der Waals surface area contributed by atoms with Gasteiger partial charge in [0, 0.05) is 39.1 Å². The van der Waals surface area contributed by atoms with Crippen LogP contribution in [0.3, 0.4) is 0 Å². The molecule has 0 saturated heterocycles. The molecule has 2 N–H and O–H groups in total. The van der Waals surface area contributed by atoms with Gasteiger partial charge in [0.1, 0.15) is 5.82 Å². The van der Waals surface area contributed by atoms with Crippen molar-refractivity contribution in [3.8, 4) is 0 Å². The van der Waals surface area contributed by atoms with Gasteiger partial charge in [-0.25, -0.2) is 17.5 Å². The van der Waals surface area contributed by atoms with Crippen LogP contribution in [-0.4, -0.2) is 47.6 Å². The Morgan fingerprint density at radius 1 is 0.971 bits per heavy atom. The second-order valence-electron chi connectivity index (χ2n) is 9.45. The molecular formula is C25H33FN4O3S. The van der Waals surface area contributed by atoms with Crippen LogP contribution in [0.15, 0.2) is 47.4 Å². The monoisotopic (exact) mass is 488 g/mol. The van der Waals surface area contributed by atoms with E-state index in [2.05, 4.69) is 19.8 Å². The van der Waals surface area contributed by atoms with Gasteiger partial charge >= 0.3 is 0 Å². The van der Waals surface area contributed by atoms with Crippen LogP contribution in [0.5, 0.6) is 0 Å². The molecule has 1 aliphatic heterocycles. The molecule has 2 aromatic carbocycles. The number of fused-ring (bicyclic) bond motifs is 1. The summed E-state index contributed by atoms with van der Waals surface area (Å²) in [5, 5.41) is 3.00. The van der Waals surface area contributed by atoms with E-state index in [0.29, 0.717) is 25.7 Å². The van der Waals surface area contributed by atoms with E-state index in [9.17, 15) is 17.6 Å². The lowest BCUT2D eigenvalue weighted by atomic mass is 9.85. The van der Waals surface area contributed by atoms with Crippen LogP contribution in [0.2, 0.25) is 0 Å². The van der Waals surface area contributed by atoms with Crippen LogP contribution in [0.4, 0.5) is 15.8 Å². The first-order valence-electron chi connectivity index (χ1n) is 11.8. The third-order valence-electron chi connectivity index (χ3n) is 7.00. The predicted octanol–water partition coefficient (Wildman–Crippen LogP) is 3.43. The number of halogens is 1. The van der Waals surface area contributed by atoms with Gasteiger partial charge in [0.05, 0.1) is 22.3 Å². The van der Waals surface area contributed by atoms with Crippen molar-refractivity contribution in [2.45, 2.75) is 49.6 Å². The number of sulfonamides is 1. The fraction of sp³-hybridized carbons (Fsp3) is 0.480. The summed E-state index contributed by atoms with van der Waals surface area (Å²) >= 11 is 0. The quantitative estimate of drug-likeness (QED) is 0.651. The number of nitrogens with zero attached hydrogens (tertiary/aromatic N) is 2. The van der Waals surface area contributed by atoms with Crippen molar-refractivity contribution >= 4 is 27.3 Å². The fourth-order valence-electron chi connectivity index (χ4n) is 4.77. The average Bonchev–Trinajstić information content (AvgIpc) is 2.82. The van der Waals surface area contributed by atoms with E-state index >= 15 is 0 Å². The van der Waals surface area contributed by atoms with Crippen molar-refractivity contribution in [1.82, 2.24) is 10.0 Å². The number of hydrogen-bond donors (Lipinski definition) is 2. The van der Waals surface area contributed by atoms with Gasteiger partial charge in [-0.1, -0.05) is 12.1 Å². The second kappa shape index (κ2) is 9.92. The maximum Gasteiger partial charge on any atom is 0.240 e. The predicted molar refractivity (Wildman–Crippen MR) is 132 cm³/mol. The van der Waals surface area contributed by atoms with Crippen LogP contribution in [-0.2, 0) is 14.8 Å². The minimum absolute atomic E-state index is 0.0417. The third kappa shape index (κ3) is 5.36. The molecule has 1 atom stereocenters. The lowest BCUT2D eigenvalue weighted by Gasteiger charge is -2.35. The van der Waals surface area contributed by atoms with Gasteiger partial charge in [-0.15, -0.1) is 0 Å². The van der Waals surface area contributed by atoms with Crippen molar-refractivity contribution in [1.29, 1.82) is 0 Å². The van der Waals surface area contributed by atoms with E-state index in [1.54, 1.807) is 24.3 Å². The van der Waals surface area contributed by atoms with E-state index in [1.165, 1.54) is 12.1 Å². The van der Waals surface area contributed by atoms with Crippen LogP contribution < -0.4 is 19.8 Å². The van der Waals surface area contributed by atoms with Crippen LogP contribution in [0.25, 0.3) is 0 Å². The van der Waals surface area contributed by atoms with Gasteiger partial charge in [0.15, 0.2) is 0 Å². The zero-order chi connectivity index (χ0) is 24.5. The van der Waals surface area contributed by atoms with Crippen molar-refractivity contribution in [3.05, 3.63) is 53.8 Å². The smallest absolute Gasteiger partial charge is 0.240 e. The molecule has 2 aromatic rings. The summed E-state index contributed by atoms with van der Waals surface area (Å²) in [4.78, 5) is 17.2. The molecule has 0 aromatic heterocycles. The number of carbonyl (C=O) groups is 1. The molecule has 9 heteroatoms. The number of carbonyl (C=O) groups excluding carboxylic acids is 1. The first-order valence-corrected chi connectivity index (χ1v) is 13.3. The number of amides is 1. The molecule has 1 amide bonds. The third-order valence-corrected chi connectivity index (χ3v) is 8.52. The Morgan fingerprint density at radius 2 is 1.59 bits per heavy atom. The summed E-state index contributed by atoms with van der Waals surface area (Å²) in [6, 6.07) is 11.0. The SMILES string of the molecule is C[C@@H](NC(=O)C1CCC(NS(=O)(=O)c2ccc3c(c2)N(C)CCN3C)CC1)c1ccc(F)cc1. The van der Waals surface area contributed by atoms with Crippen LogP contribution in [0, 0.1) is 11.7 Å². The highest BCUT2D eigenvalue weighted by atomic mass is 32.2. The Labute approximate surface area is 201 Å². The maximum atomic E-state index is 13.1. The number of anilines is 2. The Bertz CT molecular complexity index is 1130. The standard InChI is InChI=1S/C25H33FN4O3S/c1-17(18-4-8-20(26)9-5-18)27-25(31)19-6-10-21(11-7-19)28-34(32,33)22-12-13-23-24(16-22)30(3)15-14-29(23)2/h4-5,8-9,12-13,16-17,19,21,28H,6-7,10-11,14-15H2,1-3H3,(H,27,31)/t17-,19?,21?/m1/s1. The highest BCUT2D eigenvalue weighted by Gasteiger charge is 2.30. The number of likely N-dealkylation sites (N-methyl/N-ethyl adjacent to an activating group) is 2. The van der Waals surface area contributed by atoms with Crippen molar-refractivity contribution in [2.24, 2.45) is 5.92 Å². The van der Waals surface area contributed by atoms with Gasteiger partial charge < -0.3 is 15.1 Å². The lowest BCUT2D eigenvalue weighted by Crippen LogP contribution is -2.41. The molecule has 1 aliphatic carbocycles. The van der Waals surface area contributed by atoms with Crippen molar-refractivity contribution < 1.29 is 17.6 Å². The van der Waals surface area contributed by atoms with E-state index in [-0.39, 0.29) is 34.6 Å². The van der Waals surface area contributed by atoms with E-state index in [1.807, 2.05) is 27.1 Å². The molecule has 1 fully saturated rings. The highest BCUT2D eigenvalue weighted by molar-refractivity contribution is 7.89. The van der Waals surface area contributed by atoms with Gasteiger partial charge in [-0.3, -0.25) is 4.79 Å². The lowest BCUT2D eigenvalue weighted by molar-refractivity contribution is -0.126. The Kier molecular flexibility index (Phi) is 7.14. The van der Waals surface area contributed by atoms with Crippen LogP contribution >= 0.6 is 0 Å². The summed E-state index contributed by atoms with van der Waals surface area (Å²) < 4.78 is 42.1. The van der Waals surface area contributed by atoms with Gasteiger partial charge in [-0.2, -0.15) is 0 Å². The molecule has 0 radical (unpaired) electrons. The zero-order valence-corrected chi connectivity index (χ0v) is 20.7. The minimum atomic E-state index is -3.66. The van der Waals surface area contributed by atoms with Crippen LogP contribution in [0.1, 0.15) is 44.2 Å². The van der Waals surface area contributed by atoms with Crippen molar-refractivity contribution in [3.63, 3.8) is 0 Å². The molecule has 1 saturated carbocycles. The molecule has 2 aliphatic rings. The molecule has 34 heavy (non-hydrogen) atoms. The first-order chi connectivity index (χ1) is 16.1. The van der Waals surface area contributed by atoms with Gasteiger partial charge in [0.25, 0.3) is 0 Å². The second-order valence-corrected chi connectivity index (χ2v) is 11.2. The topological polar surface area (TPSA) is 81.8 Å².